The molecule has 1 aromatic heterocycles. The molecule has 2 heterocycles. The van der Waals surface area contributed by atoms with Crippen LogP contribution in [0.1, 0.15) is 18.4 Å². The van der Waals surface area contributed by atoms with Crippen LogP contribution in [0.3, 0.4) is 0 Å². The lowest BCUT2D eigenvalue weighted by Crippen LogP contribution is -2.30. The number of nitro groups is 1. The third kappa shape index (κ3) is 3.21. The number of amides is 1. The van der Waals surface area contributed by atoms with Crippen LogP contribution in [0.15, 0.2) is 12.3 Å². The van der Waals surface area contributed by atoms with Crippen LogP contribution < -0.4 is 11.1 Å². The van der Waals surface area contributed by atoms with Gasteiger partial charge in [-0.1, -0.05) is 0 Å². The van der Waals surface area contributed by atoms with Crippen LogP contribution in [0, 0.1) is 17.0 Å². The fourth-order valence-electron chi connectivity index (χ4n) is 2.12. The third-order valence-electron chi connectivity index (χ3n) is 3.22. The van der Waals surface area contributed by atoms with Gasteiger partial charge in [-0.3, -0.25) is 14.9 Å². The van der Waals surface area contributed by atoms with Crippen molar-refractivity contribution in [1.29, 1.82) is 0 Å². The Morgan fingerprint density at radius 3 is 2.95 bits per heavy atom. The second kappa shape index (κ2) is 5.83. The van der Waals surface area contributed by atoms with E-state index in [1.165, 1.54) is 6.20 Å². The van der Waals surface area contributed by atoms with Crippen LogP contribution in [0.25, 0.3) is 0 Å². The molecule has 0 saturated carbocycles. The largest absolute Gasteiger partial charge is 0.367 e. The predicted molar refractivity (Wildman–Crippen MR) is 71.2 cm³/mol. The number of nitrogens with zero attached hydrogens (tertiary/aromatic N) is 2. The van der Waals surface area contributed by atoms with E-state index in [1.54, 1.807) is 13.0 Å². The van der Waals surface area contributed by atoms with Crippen molar-refractivity contribution >= 4 is 17.4 Å². The Labute approximate surface area is 115 Å². The van der Waals surface area contributed by atoms with Crippen molar-refractivity contribution in [3.05, 3.63) is 27.9 Å². The molecular formula is C12H16N4O4. The van der Waals surface area contributed by atoms with E-state index < -0.39 is 16.9 Å². The number of carbonyl (C=O) groups is 1. The lowest BCUT2D eigenvalue weighted by atomic mass is 10.2. The number of hydrogen-bond donors (Lipinski definition) is 2. The van der Waals surface area contributed by atoms with Crippen LogP contribution in [-0.4, -0.2) is 34.6 Å². The molecule has 0 bridgehead atoms. The summed E-state index contributed by atoms with van der Waals surface area (Å²) in [6, 6.07) is 1.61. The summed E-state index contributed by atoms with van der Waals surface area (Å²) in [6.07, 6.45) is 1.96. The molecule has 20 heavy (non-hydrogen) atoms. The van der Waals surface area contributed by atoms with Gasteiger partial charge in [-0.2, -0.15) is 0 Å². The zero-order valence-electron chi connectivity index (χ0n) is 11.0. The van der Waals surface area contributed by atoms with E-state index in [-0.39, 0.29) is 11.8 Å². The number of hydrogen-bond acceptors (Lipinski definition) is 6. The van der Waals surface area contributed by atoms with Crippen molar-refractivity contribution in [3.63, 3.8) is 0 Å². The molecule has 1 aromatic rings. The first-order valence-electron chi connectivity index (χ1n) is 6.27. The summed E-state index contributed by atoms with van der Waals surface area (Å²) in [5, 5.41) is 13.7. The quantitative estimate of drug-likeness (QED) is 0.606. The second-order valence-electron chi connectivity index (χ2n) is 4.72. The number of primary amides is 1. The number of nitrogens with two attached hydrogens (primary N) is 1. The van der Waals surface area contributed by atoms with E-state index in [0.717, 1.165) is 6.42 Å². The molecule has 0 aliphatic carbocycles. The van der Waals surface area contributed by atoms with E-state index >= 15 is 0 Å². The Balaban J connectivity index is 1.90. The van der Waals surface area contributed by atoms with E-state index in [0.29, 0.717) is 24.3 Å². The molecule has 1 aliphatic heterocycles. The minimum absolute atomic E-state index is 0.0125. The van der Waals surface area contributed by atoms with E-state index in [1.807, 2.05) is 0 Å². The Morgan fingerprint density at radius 1 is 1.65 bits per heavy atom. The SMILES string of the molecule is Cc1cc(NCC2CCC(C(N)=O)O2)ncc1[N+](=O)[O-]. The van der Waals surface area contributed by atoms with Crippen molar-refractivity contribution in [3.8, 4) is 0 Å². The van der Waals surface area contributed by atoms with E-state index in [2.05, 4.69) is 10.3 Å². The first-order chi connectivity index (χ1) is 9.47. The molecule has 1 amide bonds. The average molecular weight is 280 g/mol. The molecule has 1 aliphatic rings. The smallest absolute Gasteiger partial charge is 0.290 e. The molecule has 2 unspecified atom stereocenters. The molecule has 8 nitrogen and oxygen atoms in total. The van der Waals surface area contributed by atoms with Crippen LogP contribution in [0.4, 0.5) is 11.5 Å². The van der Waals surface area contributed by atoms with Gasteiger partial charge in [-0.15, -0.1) is 0 Å². The molecule has 108 valence electrons. The Kier molecular flexibility index (Phi) is 4.14. The number of anilines is 1. The van der Waals surface area contributed by atoms with Crippen molar-refractivity contribution in [2.75, 3.05) is 11.9 Å². The van der Waals surface area contributed by atoms with Crippen molar-refractivity contribution < 1.29 is 14.5 Å². The van der Waals surface area contributed by atoms with Gasteiger partial charge in [0.25, 0.3) is 5.69 Å². The molecule has 8 heteroatoms. The number of ether oxygens (including phenoxy) is 1. The van der Waals surface area contributed by atoms with Crippen molar-refractivity contribution in [2.24, 2.45) is 5.73 Å². The summed E-state index contributed by atoms with van der Waals surface area (Å²) >= 11 is 0. The maximum absolute atomic E-state index is 11.0. The molecule has 0 aromatic carbocycles. The summed E-state index contributed by atoms with van der Waals surface area (Å²) in [5.74, 6) is 0.0935. The average Bonchev–Trinajstić information content (AvgIpc) is 2.85. The van der Waals surface area contributed by atoms with Crippen LogP contribution >= 0.6 is 0 Å². The number of aromatic nitrogens is 1. The van der Waals surface area contributed by atoms with Gasteiger partial charge < -0.3 is 15.8 Å². The van der Waals surface area contributed by atoms with Gasteiger partial charge in [-0.05, 0) is 25.8 Å². The van der Waals surface area contributed by atoms with Gasteiger partial charge in [0.2, 0.25) is 5.91 Å². The lowest BCUT2D eigenvalue weighted by Gasteiger charge is -2.13. The fourth-order valence-corrected chi connectivity index (χ4v) is 2.12. The van der Waals surface area contributed by atoms with Gasteiger partial charge in [0.1, 0.15) is 18.1 Å². The number of pyridine rings is 1. The van der Waals surface area contributed by atoms with Gasteiger partial charge in [0.05, 0.1) is 11.0 Å². The number of rotatable bonds is 5. The molecule has 2 rings (SSSR count). The molecule has 0 spiro atoms. The third-order valence-corrected chi connectivity index (χ3v) is 3.22. The zero-order valence-corrected chi connectivity index (χ0v) is 11.0. The molecule has 2 atom stereocenters. The summed E-state index contributed by atoms with van der Waals surface area (Å²) in [5.41, 5.74) is 5.70. The van der Waals surface area contributed by atoms with Crippen LogP contribution in [0.2, 0.25) is 0 Å². The molecule has 1 fully saturated rings. The first kappa shape index (κ1) is 14.2. The topological polar surface area (TPSA) is 120 Å². The fraction of sp³-hybridized carbons (Fsp3) is 0.500. The zero-order chi connectivity index (χ0) is 14.7. The van der Waals surface area contributed by atoms with Crippen LogP contribution in [0.5, 0.6) is 0 Å². The number of aryl methyl sites for hydroxylation is 1. The first-order valence-corrected chi connectivity index (χ1v) is 6.27. The summed E-state index contributed by atoms with van der Waals surface area (Å²) in [4.78, 5) is 25.2. The summed E-state index contributed by atoms with van der Waals surface area (Å²) in [6.45, 7) is 2.13. The molecular weight excluding hydrogens is 264 g/mol. The summed E-state index contributed by atoms with van der Waals surface area (Å²) < 4.78 is 5.46. The Morgan fingerprint density at radius 2 is 2.40 bits per heavy atom. The molecule has 0 radical (unpaired) electrons. The Bertz CT molecular complexity index is 534. The van der Waals surface area contributed by atoms with Gasteiger partial charge in [0.15, 0.2) is 0 Å². The highest BCUT2D eigenvalue weighted by Crippen LogP contribution is 2.21. The lowest BCUT2D eigenvalue weighted by molar-refractivity contribution is -0.385. The van der Waals surface area contributed by atoms with Crippen LogP contribution in [-0.2, 0) is 9.53 Å². The predicted octanol–water partition coefficient (Wildman–Crippen LogP) is 0.743. The van der Waals surface area contributed by atoms with Gasteiger partial charge >= 0.3 is 0 Å². The molecule has 3 N–H and O–H groups in total. The summed E-state index contributed by atoms with van der Waals surface area (Å²) in [7, 11) is 0. The minimum Gasteiger partial charge on any atom is -0.367 e. The standard InChI is InChI=1S/C12H16N4O4/c1-7-4-11(15-6-9(7)16(18)19)14-5-8-2-3-10(20-8)12(13)17/h4,6,8,10H,2-3,5H2,1H3,(H2,13,17)(H,14,15). The highest BCUT2D eigenvalue weighted by molar-refractivity contribution is 5.79. The van der Waals surface area contributed by atoms with E-state index in [4.69, 9.17) is 10.5 Å². The van der Waals surface area contributed by atoms with Gasteiger partial charge in [0, 0.05) is 12.1 Å². The normalized spacial score (nSPS) is 21.6. The monoisotopic (exact) mass is 280 g/mol. The number of carbonyl (C=O) groups excluding carboxylic acids is 1. The highest BCUT2D eigenvalue weighted by atomic mass is 16.6. The van der Waals surface area contributed by atoms with Gasteiger partial charge in [-0.25, -0.2) is 4.98 Å². The second-order valence-corrected chi connectivity index (χ2v) is 4.72. The minimum atomic E-state index is -0.520. The van der Waals surface area contributed by atoms with E-state index in [9.17, 15) is 14.9 Å². The maximum Gasteiger partial charge on any atom is 0.290 e. The van der Waals surface area contributed by atoms with Crippen molar-refractivity contribution in [2.45, 2.75) is 32.0 Å². The maximum atomic E-state index is 11.0. The van der Waals surface area contributed by atoms with Crippen molar-refractivity contribution in [1.82, 2.24) is 4.98 Å². The number of nitrogens with one attached hydrogen (secondary N) is 1. The highest BCUT2D eigenvalue weighted by Gasteiger charge is 2.28. The molecule has 1 saturated heterocycles. The Hall–Kier alpha value is -2.22.